The Balaban J connectivity index is 2.33. The highest BCUT2D eigenvalue weighted by molar-refractivity contribution is 4.78. The maximum atomic E-state index is 3.46. The van der Waals surface area contributed by atoms with Crippen molar-refractivity contribution >= 4 is 0 Å². The molecule has 1 unspecified atom stereocenters. The van der Waals surface area contributed by atoms with Crippen molar-refractivity contribution in [1.29, 1.82) is 0 Å². The van der Waals surface area contributed by atoms with Crippen molar-refractivity contribution in [3.63, 3.8) is 0 Å². The van der Waals surface area contributed by atoms with Crippen molar-refractivity contribution < 1.29 is 0 Å². The zero-order valence-corrected chi connectivity index (χ0v) is 15.1. The zero-order chi connectivity index (χ0) is 15.4. The molecule has 1 aliphatic rings. The molecule has 2 heteroatoms. The van der Waals surface area contributed by atoms with E-state index in [0.29, 0.717) is 5.41 Å². The summed E-state index contributed by atoms with van der Waals surface area (Å²) in [5.74, 6) is 0. The predicted molar refractivity (Wildman–Crippen MR) is 94.9 cm³/mol. The van der Waals surface area contributed by atoms with Crippen molar-refractivity contribution in [1.82, 2.24) is 10.2 Å². The van der Waals surface area contributed by atoms with Gasteiger partial charge in [0.1, 0.15) is 0 Å². The molecule has 0 aromatic carbocycles. The Morgan fingerprint density at radius 1 is 0.810 bits per heavy atom. The van der Waals surface area contributed by atoms with Gasteiger partial charge in [0.05, 0.1) is 0 Å². The quantitative estimate of drug-likeness (QED) is 0.518. The first-order chi connectivity index (χ1) is 10.2. The van der Waals surface area contributed by atoms with Gasteiger partial charge < -0.3 is 10.2 Å². The highest BCUT2D eigenvalue weighted by atomic mass is 15.2. The molecule has 0 bridgehead atoms. The van der Waals surface area contributed by atoms with Crippen LogP contribution in [0.15, 0.2) is 0 Å². The third-order valence-electron chi connectivity index (χ3n) is 5.26. The van der Waals surface area contributed by atoms with E-state index >= 15 is 0 Å². The maximum absolute atomic E-state index is 3.46. The molecule has 126 valence electrons. The van der Waals surface area contributed by atoms with Crippen LogP contribution in [0.3, 0.4) is 0 Å². The zero-order valence-electron chi connectivity index (χ0n) is 15.1. The molecule has 1 aliphatic heterocycles. The van der Waals surface area contributed by atoms with Crippen LogP contribution in [-0.2, 0) is 0 Å². The van der Waals surface area contributed by atoms with Gasteiger partial charge in [-0.05, 0) is 31.2 Å². The summed E-state index contributed by atoms with van der Waals surface area (Å²) >= 11 is 0. The van der Waals surface area contributed by atoms with Crippen molar-refractivity contribution in [2.75, 3.05) is 32.7 Å². The Bertz CT molecular complexity index is 236. The van der Waals surface area contributed by atoms with Gasteiger partial charge in [0.2, 0.25) is 0 Å². The number of hydrogen-bond acceptors (Lipinski definition) is 2. The molecule has 0 saturated carbocycles. The summed E-state index contributed by atoms with van der Waals surface area (Å²) in [5, 5.41) is 3.46. The Morgan fingerprint density at radius 2 is 1.38 bits per heavy atom. The molecule has 2 nitrogen and oxygen atoms in total. The molecule has 1 rings (SSSR count). The van der Waals surface area contributed by atoms with Gasteiger partial charge in [-0.15, -0.1) is 0 Å². The molecule has 1 atom stereocenters. The third kappa shape index (κ3) is 8.83. The van der Waals surface area contributed by atoms with E-state index in [9.17, 15) is 0 Å². The van der Waals surface area contributed by atoms with E-state index in [1.54, 1.807) is 0 Å². The lowest BCUT2D eigenvalue weighted by Crippen LogP contribution is -2.44. The summed E-state index contributed by atoms with van der Waals surface area (Å²) in [4.78, 5) is 2.67. The number of nitrogens with zero attached hydrogens (tertiary/aromatic N) is 1. The normalized spacial score (nSPS) is 19.6. The molecule has 0 radical (unpaired) electrons. The van der Waals surface area contributed by atoms with Crippen LogP contribution in [0, 0.1) is 5.41 Å². The fraction of sp³-hybridized carbons (Fsp3) is 1.00. The van der Waals surface area contributed by atoms with E-state index in [2.05, 4.69) is 31.0 Å². The van der Waals surface area contributed by atoms with E-state index in [0.717, 1.165) is 0 Å². The Labute approximate surface area is 134 Å². The number of nitrogens with one attached hydrogen (secondary N) is 1. The highest BCUT2D eigenvalue weighted by Gasteiger charge is 2.24. The fourth-order valence-corrected chi connectivity index (χ4v) is 3.52. The standard InChI is InChI=1S/C19H40N2/c1-4-6-8-10-12-19(3,11-9-7-5-2)13-16-21-17-14-20-15-18-21/h20H,4-18H2,1-3H3. The van der Waals surface area contributed by atoms with Crippen LogP contribution in [0.2, 0.25) is 0 Å². The second-order valence-corrected chi connectivity index (χ2v) is 7.42. The lowest BCUT2D eigenvalue weighted by atomic mass is 9.77. The van der Waals surface area contributed by atoms with E-state index in [4.69, 9.17) is 0 Å². The summed E-state index contributed by atoms with van der Waals surface area (Å²) in [6.07, 6.45) is 14.1. The monoisotopic (exact) mass is 296 g/mol. The van der Waals surface area contributed by atoms with E-state index in [1.807, 2.05) is 0 Å². The van der Waals surface area contributed by atoms with Gasteiger partial charge in [-0.3, -0.25) is 0 Å². The lowest BCUT2D eigenvalue weighted by Gasteiger charge is -2.34. The van der Waals surface area contributed by atoms with Gasteiger partial charge >= 0.3 is 0 Å². The molecule has 1 heterocycles. The summed E-state index contributed by atoms with van der Waals surface area (Å²) in [6, 6.07) is 0. The smallest absolute Gasteiger partial charge is 0.0107 e. The molecule has 0 spiro atoms. The first kappa shape index (κ1) is 19.0. The van der Waals surface area contributed by atoms with Crippen LogP contribution in [0.5, 0.6) is 0 Å². The predicted octanol–water partition coefficient (Wildman–Crippen LogP) is 4.84. The Morgan fingerprint density at radius 3 is 2.00 bits per heavy atom. The van der Waals surface area contributed by atoms with Crippen molar-refractivity contribution in [2.45, 2.75) is 85.0 Å². The molecule has 0 aromatic heterocycles. The van der Waals surface area contributed by atoms with Gasteiger partial charge in [-0.1, -0.05) is 65.7 Å². The van der Waals surface area contributed by atoms with Crippen LogP contribution in [0.4, 0.5) is 0 Å². The molecular weight excluding hydrogens is 256 g/mol. The highest BCUT2D eigenvalue weighted by Crippen LogP contribution is 2.35. The second-order valence-electron chi connectivity index (χ2n) is 7.42. The number of unbranched alkanes of at least 4 members (excludes halogenated alkanes) is 5. The van der Waals surface area contributed by atoms with Gasteiger partial charge in [-0.2, -0.15) is 0 Å². The topological polar surface area (TPSA) is 15.3 Å². The summed E-state index contributed by atoms with van der Waals surface area (Å²) in [5.41, 5.74) is 0.591. The van der Waals surface area contributed by atoms with Crippen molar-refractivity contribution in [2.24, 2.45) is 5.41 Å². The molecule has 1 N–H and O–H groups in total. The molecule has 0 amide bonds. The fourth-order valence-electron chi connectivity index (χ4n) is 3.52. The van der Waals surface area contributed by atoms with Crippen LogP contribution in [-0.4, -0.2) is 37.6 Å². The van der Waals surface area contributed by atoms with Gasteiger partial charge in [0.15, 0.2) is 0 Å². The molecule has 21 heavy (non-hydrogen) atoms. The Hall–Kier alpha value is -0.0800. The second kappa shape index (κ2) is 11.5. The minimum absolute atomic E-state index is 0.591. The minimum atomic E-state index is 0.591. The largest absolute Gasteiger partial charge is 0.314 e. The molecule has 1 fully saturated rings. The molecule has 0 aromatic rings. The Kier molecular flexibility index (Phi) is 10.4. The number of piperazine rings is 1. The molecule has 0 aliphatic carbocycles. The lowest BCUT2D eigenvalue weighted by molar-refractivity contribution is 0.166. The summed E-state index contributed by atoms with van der Waals surface area (Å²) < 4.78 is 0. The SMILES string of the molecule is CCCCCCC(C)(CCCCC)CCN1CCNCC1. The molecular formula is C19H40N2. The van der Waals surface area contributed by atoms with Crippen LogP contribution < -0.4 is 5.32 Å². The van der Waals surface area contributed by atoms with E-state index in [1.165, 1.54) is 96.9 Å². The third-order valence-corrected chi connectivity index (χ3v) is 5.26. The van der Waals surface area contributed by atoms with Crippen molar-refractivity contribution in [3.8, 4) is 0 Å². The summed E-state index contributed by atoms with van der Waals surface area (Å²) in [6.45, 7) is 13.4. The van der Waals surface area contributed by atoms with Crippen LogP contribution in [0.1, 0.15) is 85.0 Å². The maximum Gasteiger partial charge on any atom is 0.0107 e. The first-order valence-electron chi connectivity index (χ1n) is 9.63. The number of rotatable bonds is 12. The van der Waals surface area contributed by atoms with Gasteiger partial charge in [0.25, 0.3) is 0 Å². The van der Waals surface area contributed by atoms with Gasteiger partial charge in [0, 0.05) is 26.2 Å². The first-order valence-corrected chi connectivity index (χ1v) is 9.63. The van der Waals surface area contributed by atoms with Crippen LogP contribution >= 0.6 is 0 Å². The average Bonchev–Trinajstić information content (AvgIpc) is 2.51. The van der Waals surface area contributed by atoms with E-state index < -0.39 is 0 Å². The molecule has 1 saturated heterocycles. The van der Waals surface area contributed by atoms with Crippen molar-refractivity contribution in [3.05, 3.63) is 0 Å². The van der Waals surface area contributed by atoms with Gasteiger partial charge in [-0.25, -0.2) is 0 Å². The number of hydrogen-bond donors (Lipinski definition) is 1. The average molecular weight is 297 g/mol. The summed E-state index contributed by atoms with van der Waals surface area (Å²) in [7, 11) is 0. The van der Waals surface area contributed by atoms with Crippen LogP contribution in [0.25, 0.3) is 0 Å². The minimum Gasteiger partial charge on any atom is -0.314 e. The van der Waals surface area contributed by atoms with E-state index in [-0.39, 0.29) is 0 Å².